The summed E-state index contributed by atoms with van der Waals surface area (Å²) in [5.41, 5.74) is 16.5. The third-order valence-corrected chi connectivity index (χ3v) is 29.9. The summed E-state index contributed by atoms with van der Waals surface area (Å²) >= 11 is 0. The monoisotopic (exact) mass is 2090 g/mol. The molecule has 36 heteroatoms. The van der Waals surface area contributed by atoms with Gasteiger partial charge in [0.05, 0.1) is 101 Å². The minimum atomic E-state index is -4.20. The molecule has 0 saturated carbocycles. The average molecular weight is 2090 g/mol. The van der Waals surface area contributed by atoms with Gasteiger partial charge in [0.15, 0.2) is 11.4 Å². The number of nitrogens with zero attached hydrogens (tertiary/aromatic N) is 5. The zero-order valence-electron chi connectivity index (χ0n) is 85.8. The fourth-order valence-corrected chi connectivity index (χ4v) is 20.0. The van der Waals surface area contributed by atoms with Gasteiger partial charge in [0.25, 0.3) is 0 Å². The van der Waals surface area contributed by atoms with Crippen LogP contribution in [-0.2, 0) is 81.9 Å². The molecular formula is C107H143N5Na4O23S4+2. The molecule has 3 N–H and O–H groups in total. The number of carbonyl (C=O) groups is 2. The van der Waals surface area contributed by atoms with Crippen molar-refractivity contribution in [2.24, 2.45) is 15.0 Å². The van der Waals surface area contributed by atoms with Crippen molar-refractivity contribution >= 4 is 152 Å². The van der Waals surface area contributed by atoms with Crippen molar-refractivity contribution < 1.29 is 233 Å². The van der Waals surface area contributed by atoms with Crippen LogP contribution in [0.2, 0.25) is 0 Å². The molecule has 28 nitrogen and oxygen atoms in total. The Morgan fingerprint density at radius 1 is 0.322 bits per heavy atom. The van der Waals surface area contributed by atoms with Gasteiger partial charge < -0.3 is 62.0 Å². The van der Waals surface area contributed by atoms with Crippen molar-refractivity contribution in [3.05, 3.63) is 167 Å². The van der Waals surface area contributed by atoms with Gasteiger partial charge in [-0.3, -0.25) is 24.6 Å². The molecule has 9 aromatic carbocycles. The Kier molecular flexibility index (Phi) is 51.7. The second-order valence-corrected chi connectivity index (χ2v) is 44.4. The number of aliphatic hydroxyl groups is 1. The van der Waals surface area contributed by atoms with Crippen molar-refractivity contribution in [1.29, 1.82) is 0 Å². The van der Waals surface area contributed by atoms with E-state index in [0.29, 0.717) is 129 Å². The van der Waals surface area contributed by atoms with Crippen molar-refractivity contribution in [3.63, 3.8) is 0 Å². The van der Waals surface area contributed by atoms with E-state index >= 15 is 0 Å². The quantitative estimate of drug-likeness (QED) is 0.0138. The summed E-state index contributed by atoms with van der Waals surface area (Å²) < 4.78 is 168. The molecule has 760 valence electrons. The van der Waals surface area contributed by atoms with Gasteiger partial charge in [-0.25, -0.2) is 33.7 Å². The molecule has 5 aliphatic rings. The number of carboxylic acid groups (broad SMARTS) is 2. The molecule has 5 aliphatic heterocycles. The van der Waals surface area contributed by atoms with Gasteiger partial charge in [-0.2, -0.15) is 9.15 Å². The van der Waals surface area contributed by atoms with E-state index in [-0.39, 0.29) is 209 Å². The standard InChI is InChI=1S/C25H33NO6S.C23H31NO7S2.C21H25NO3.C19H23NO4S.C17H25NO3.2CH4.4Na/c1-18-25(2,3)24-21-17-20(32-15-7-4-5-9-23(27)28)12-10-19(21)11-13-22(24)26(18)14-6-8-16-33(29,30)31;1-17-23(2,3)22-20-16-19(31-13-5-7-15-33(28,29)30)10-8-18(20)9-11-21(22)24(17)12-4-6-14-32(25,26)27;1-14-21(2,3)20-17-13-16(25-12-6-4-5-7-19(23)24)10-8-15(17)9-11-18(20)22-14;1-13-19(2,3)18-16-12-15(24-10-4-5-11-25(21,22)23)8-6-14(16)7-9-17(18)20-13;1-13-17(2,3)15-12-14(6-7-16(15)18-13)21-11-5-10-20-9-4-8-19;;;;;;/h10-13,17H,4-9,14-16H2,1-3H3,(H-,27,28,29,30,31);8-11,16H,4-7,12-15H2,1-3H3,(H-,25,26,27,28,29,30);8-11,13H,4-7,12H2,1-3H3,(H,23,24);6-9,12H,4-5,10-11H2,1-3H3,(H,21,22,23);6-7,12,19H,4-5,8-11H2,1-3H3;2*1H4;;;;/q;;;;;;;4*+1/p-2. The third kappa shape index (κ3) is 36.1. The first kappa shape index (κ1) is 129. The smallest absolute Gasteiger partial charge is 0.748 e. The number of carboxylic acids is 2. The Labute approximate surface area is 936 Å². The van der Waals surface area contributed by atoms with E-state index in [1.54, 1.807) is 0 Å². The zero-order valence-corrected chi connectivity index (χ0v) is 97.0. The van der Waals surface area contributed by atoms with E-state index in [2.05, 4.69) is 196 Å². The number of ether oxygens (including phenoxy) is 6. The average Bonchev–Trinajstić information content (AvgIpc) is 1.61. The van der Waals surface area contributed by atoms with E-state index < -0.39 is 52.4 Å². The summed E-state index contributed by atoms with van der Waals surface area (Å²) in [5.74, 6) is 1.06. The van der Waals surface area contributed by atoms with E-state index in [4.69, 9.17) is 48.7 Å². The normalized spacial score (nSPS) is 14.9. The van der Waals surface area contributed by atoms with E-state index in [1.165, 1.54) is 38.7 Å². The van der Waals surface area contributed by atoms with Gasteiger partial charge in [0, 0.05) is 145 Å². The molecule has 0 bridgehead atoms. The van der Waals surface area contributed by atoms with Gasteiger partial charge >= 0.3 is 130 Å². The molecule has 0 aliphatic carbocycles. The maximum atomic E-state index is 10.9. The molecule has 0 radical (unpaired) electrons. The summed E-state index contributed by atoms with van der Waals surface area (Å²) in [6, 6.07) is 46.9. The summed E-state index contributed by atoms with van der Waals surface area (Å²) in [5, 5.41) is 35.1. The Morgan fingerprint density at radius 3 is 0.930 bits per heavy atom. The van der Waals surface area contributed by atoms with Crippen LogP contribution in [0.15, 0.2) is 155 Å². The minimum absolute atomic E-state index is 0. The van der Waals surface area contributed by atoms with Crippen LogP contribution in [0.5, 0.6) is 28.7 Å². The fraction of sp³-hybridized carbons (Fsp3) is 0.505. The zero-order chi connectivity index (χ0) is 100. The van der Waals surface area contributed by atoms with Crippen molar-refractivity contribution in [3.8, 4) is 28.7 Å². The van der Waals surface area contributed by atoms with Gasteiger partial charge in [-0.1, -0.05) is 92.8 Å². The maximum Gasteiger partial charge on any atom is 1.00 e. The van der Waals surface area contributed by atoms with Crippen molar-refractivity contribution in [2.75, 3.05) is 89.0 Å². The van der Waals surface area contributed by atoms with Crippen LogP contribution in [0.4, 0.5) is 28.4 Å². The summed E-state index contributed by atoms with van der Waals surface area (Å²) in [7, 11) is -16.7. The van der Waals surface area contributed by atoms with Crippen LogP contribution in [0.25, 0.3) is 43.1 Å². The van der Waals surface area contributed by atoms with Crippen LogP contribution < -0.4 is 142 Å². The predicted octanol–water partition coefficient (Wildman–Crippen LogP) is 9.55. The number of aliphatic hydroxyl groups excluding tert-OH is 1. The molecule has 0 aromatic heterocycles. The molecule has 0 unspecified atom stereocenters. The minimum Gasteiger partial charge on any atom is -0.748 e. The second kappa shape index (κ2) is 57.2. The number of benzene rings is 9. The van der Waals surface area contributed by atoms with E-state index in [0.717, 1.165) is 144 Å². The Morgan fingerprint density at radius 2 is 0.594 bits per heavy atom. The molecule has 0 saturated heterocycles. The molecule has 5 heterocycles. The number of hydrogen-bond donors (Lipinski definition) is 3. The summed E-state index contributed by atoms with van der Waals surface area (Å²) in [4.78, 5) is 35.1. The number of aliphatic imine (C=N–C) groups is 3. The van der Waals surface area contributed by atoms with Crippen molar-refractivity contribution in [2.45, 2.75) is 261 Å². The van der Waals surface area contributed by atoms with Gasteiger partial charge in [-0.15, -0.1) is 0 Å². The molecule has 9 aromatic rings. The number of aliphatic carboxylic acids is 2. The first-order chi connectivity index (χ1) is 64.4. The number of unbranched alkanes of at least 4 members (excludes halogenated alkanes) is 8. The number of hydrogen-bond acceptors (Lipinski definition) is 24. The summed E-state index contributed by atoms with van der Waals surface area (Å²) in [6.07, 6.45) is 10.2. The first-order valence-corrected chi connectivity index (χ1v) is 53.6. The number of fused-ring (bicyclic) bond motifs is 13. The topological polar surface area (TPSA) is 422 Å². The Bertz CT molecular complexity index is 6540. The van der Waals surface area contributed by atoms with E-state index in [1.807, 2.05) is 66.7 Å². The predicted molar refractivity (Wildman–Crippen MR) is 552 cm³/mol. The van der Waals surface area contributed by atoms with Crippen LogP contribution in [0.1, 0.15) is 262 Å². The van der Waals surface area contributed by atoms with Gasteiger partial charge in [0.1, 0.15) is 41.8 Å². The Hall–Kier alpha value is -6.13. The molecule has 0 amide bonds. The van der Waals surface area contributed by atoms with Gasteiger partial charge in [-0.05, 0) is 283 Å². The van der Waals surface area contributed by atoms with Crippen molar-refractivity contribution in [1.82, 2.24) is 0 Å². The Balaban J connectivity index is 0.000000372. The molecule has 0 fully saturated rings. The largest absolute Gasteiger partial charge is 1.00 e. The third-order valence-electron chi connectivity index (χ3n) is 26.7. The molecule has 0 atom stereocenters. The van der Waals surface area contributed by atoms with Crippen LogP contribution in [0, 0.1) is 0 Å². The molecular weight excluding hydrogens is 1940 g/mol. The maximum absolute atomic E-state index is 10.9. The summed E-state index contributed by atoms with van der Waals surface area (Å²) in [6.45, 7) is 37.5. The second-order valence-electron chi connectivity index (χ2n) is 38.3. The van der Waals surface area contributed by atoms with Crippen LogP contribution in [-0.4, -0.2) is 206 Å². The van der Waals surface area contributed by atoms with Crippen LogP contribution in [0.3, 0.4) is 0 Å². The molecule has 143 heavy (non-hydrogen) atoms. The first-order valence-electron chi connectivity index (χ1n) is 47.3. The van der Waals surface area contributed by atoms with Crippen LogP contribution >= 0.6 is 0 Å². The van der Waals surface area contributed by atoms with Gasteiger partial charge in [0.2, 0.25) is 11.4 Å². The van der Waals surface area contributed by atoms with E-state index in [9.17, 15) is 61.5 Å². The fourth-order valence-electron chi connectivity index (χ4n) is 17.8. The SMILES string of the molecule is C.C.CC1=Nc2ccc(OCCCOCCCO)cc2C1(C)C.CC1=Nc2ccc3ccc(OCCCCCC(=O)O)cc3c2C1(C)C.CC1=Nc2ccc3ccc(OCCCCS(=O)(=O)[O-])cc3c2C1(C)C.CC1=[N+](CCCCS(=O)(=O)[O-])c2ccc3ccc(OCCCCCC(=O)O)cc3c2C1(C)C.CC1=[N+](CCCCS(=O)(=O)[O-])c2ccc3ccc(OCCCCS(=O)(=O)[O-])cc3c2C1(C)C.[Na+].[Na+].[Na+].[Na+]. The molecule has 0 spiro atoms. The number of rotatable bonds is 44. The molecule has 14 rings (SSSR count).